The van der Waals surface area contributed by atoms with Crippen LogP contribution in [0.25, 0.3) is 44.7 Å². The lowest BCUT2D eigenvalue weighted by Crippen LogP contribution is -2.49. The minimum absolute atomic E-state index is 0.00956. The summed E-state index contributed by atoms with van der Waals surface area (Å²) in [5.74, 6) is 2.95. The van der Waals surface area contributed by atoms with Gasteiger partial charge in [-0.25, -0.2) is 14.4 Å². The van der Waals surface area contributed by atoms with Gasteiger partial charge in [0, 0.05) is 54.7 Å². The van der Waals surface area contributed by atoms with Crippen LogP contribution < -0.4 is 20.1 Å². The number of H-pyrrole nitrogens is 2. The summed E-state index contributed by atoms with van der Waals surface area (Å²) in [6.45, 7) is 12.6. The first kappa shape index (κ1) is 54.4. The Hall–Kier alpha value is -5.91. The van der Waals surface area contributed by atoms with Gasteiger partial charge in [-0.1, -0.05) is 78.5 Å². The molecule has 16 heteroatoms. The fraction of sp³-hybridized carbons (Fsp3) is 0.541. The zero-order valence-corrected chi connectivity index (χ0v) is 46.0. The van der Waals surface area contributed by atoms with Crippen LogP contribution in [-0.2, 0) is 23.8 Å². The zero-order chi connectivity index (χ0) is 53.7. The number of rotatable bonds is 21. The second-order valence-corrected chi connectivity index (χ2v) is 22.6. The maximum absolute atomic E-state index is 17.2. The number of carbonyl (C=O) groups excluding carboxylic acids is 2. The smallest absolute Gasteiger partial charge is 0.240 e. The summed E-state index contributed by atoms with van der Waals surface area (Å²) >= 11 is 0. The molecule has 1 amide bonds. The van der Waals surface area contributed by atoms with Gasteiger partial charge in [0.05, 0.1) is 84.9 Å². The van der Waals surface area contributed by atoms with Gasteiger partial charge in [0.25, 0.3) is 0 Å². The highest BCUT2D eigenvalue weighted by Crippen LogP contribution is 2.48. The van der Waals surface area contributed by atoms with Crippen LogP contribution in [0.4, 0.5) is 4.39 Å². The molecule has 3 aromatic carbocycles. The van der Waals surface area contributed by atoms with Crippen LogP contribution in [0.2, 0.25) is 0 Å². The van der Waals surface area contributed by atoms with Crippen molar-refractivity contribution < 1.29 is 37.7 Å². The quantitative estimate of drug-likeness (QED) is 0.0307. The third-order valence-electron chi connectivity index (χ3n) is 16.7. The lowest BCUT2D eigenvalue weighted by molar-refractivity contribution is -0.136. The first-order chi connectivity index (χ1) is 37.4. The topological polar surface area (TPSA) is 170 Å². The Morgan fingerprint density at radius 3 is 2.30 bits per heavy atom. The minimum Gasteiger partial charge on any atom is -0.491 e. The summed E-state index contributed by atoms with van der Waals surface area (Å²) in [6.07, 6.45) is 14.4. The Labute approximate surface area is 452 Å². The number of Topliss-reactive ketones (excluding diaryl/α,β-unsaturated/α-hetero) is 1. The molecule has 412 valence electrons. The molecule has 7 unspecified atom stereocenters. The largest absolute Gasteiger partial charge is 0.491 e. The fourth-order valence-electron chi connectivity index (χ4n) is 12.6. The number of aromatic amines is 2. The molecule has 1 saturated heterocycles. The molecule has 3 fully saturated rings. The van der Waals surface area contributed by atoms with Gasteiger partial charge in [-0.15, -0.1) is 0 Å². The SMILES string of the molecule is COCNC(C(=O)C1CC(c2ncc(-c3ccc4c(c3)cc3n4C(c4cccc(OCCOC5CCCCC5)c4)Oc4cc(-c5cnc(C6CCCN6C(=O)C(NCOC)C(C)C)[nH]5)cc(F)c4-3)[nH]2)CCCC1C)C(C)C. The highest BCUT2D eigenvalue weighted by atomic mass is 19.1. The molecule has 0 radical (unpaired) electrons. The number of amides is 1. The average Bonchev–Trinajstić information content (AvgIpc) is 4.48. The van der Waals surface area contributed by atoms with Gasteiger partial charge in [0.2, 0.25) is 12.1 Å². The van der Waals surface area contributed by atoms with E-state index < -0.39 is 18.1 Å². The minimum atomic E-state index is -0.680. The number of likely N-dealkylation sites (tertiary alicyclic amines) is 1. The maximum atomic E-state index is 17.2. The molecule has 0 bridgehead atoms. The van der Waals surface area contributed by atoms with Crippen molar-refractivity contribution in [3.63, 3.8) is 0 Å². The number of halogens is 1. The molecule has 4 N–H and O–H groups in total. The number of carbonyl (C=O) groups is 2. The number of ketones is 1. The van der Waals surface area contributed by atoms with Crippen LogP contribution in [0.1, 0.15) is 141 Å². The number of hydrogen-bond acceptors (Lipinski definition) is 11. The van der Waals surface area contributed by atoms with E-state index in [1.165, 1.54) is 25.3 Å². The van der Waals surface area contributed by atoms with E-state index in [2.05, 4.69) is 64.1 Å². The second-order valence-electron chi connectivity index (χ2n) is 22.6. The summed E-state index contributed by atoms with van der Waals surface area (Å²) in [4.78, 5) is 46.9. The van der Waals surface area contributed by atoms with Crippen LogP contribution in [-0.4, -0.2) is 107 Å². The Morgan fingerprint density at radius 1 is 0.792 bits per heavy atom. The predicted octanol–water partition coefficient (Wildman–Crippen LogP) is 11.5. The van der Waals surface area contributed by atoms with Crippen molar-refractivity contribution in [2.45, 2.75) is 142 Å². The molecule has 15 nitrogen and oxygen atoms in total. The highest BCUT2D eigenvalue weighted by molar-refractivity contribution is 5.93. The van der Waals surface area contributed by atoms with E-state index in [0.29, 0.717) is 72.4 Å². The third kappa shape index (κ3) is 11.8. The molecule has 5 heterocycles. The van der Waals surface area contributed by atoms with Crippen molar-refractivity contribution in [3.05, 3.63) is 96.1 Å². The van der Waals surface area contributed by atoms with E-state index in [0.717, 1.165) is 84.9 Å². The lowest BCUT2D eigenvalue weighted by Gasteiger charge is -2.31. The molecule has 3 aromatic heterocycles. The fourth-order valence-corrected chi connectivity index (χ4v) is 12.6. The van der Waals surface area contributed by atoms with Crippen LogP contribution in [0.5, 0.6) is 11.5 Å². The average molecular weight is 1060 g/mol. The number of methoxy groups -OCH3 is 2. The van der Waals surface area contributed by atoms with Gasteiger partial charge in [-0.05, 0) is 105 Å². The number of nitrogens with one attached hydrogen (secondary N) is 4. The van der Waals surface area contributed by atoms with Crippen molar-refractivity contribution in [2.75, 3.05) is 47.4 Å². The molecule has 0 spiro atoms. The van der Waals surface area contributed by atoms with E-state index in [-0.39, 0.29) is 60.1 Å². The van der Waals surface area contributed by atoms with Crippen molar-refractivity contribution in [1.82, 2.24) is 40.0 Å². The molecule has 77 heavy (non-hydrogen) atoms. The molecule has 2 aliphatic heterocycles. The third-order valence-corrected chi connectivity index (χ3v) is 16.7. The molecule has 7 atom stereocenters. The summed E-state index contributed by atoms with van der Waals surface area (Å²) in [7, 11) is 3.25. The van der Waals surface area contributed by atoms with Gasteiger partial charge in [-0.3, -0.25) is 20.2 Å². The molecule has 4 aliphatic rings. The number of fused-ring (bicyclic) bond motifs is 5. The summed E-state index contributed by atoms with van der Waals surface area (Å²) in [5.41, 5.74) is 5.78. The van der Waals surface area contributed by atoms with Gasteiger partial charge < -0.3 is 43.1 Å². The Balaban J connectivity index is 0.958. The number of ether oxygens (including phenoxy) is 5. The molecular weight excluding hydrogens is 976 g/mol. The van der Waals surface area contributed by atoms with Crippen molar-refractivity contribution in [2.24, 2.45) is 23.7 Å². The second kappa shape index (κ2) is 24.4. The molecule has 2 saturated carbocycles. The zero-order valence-electron chi connectivity index (χ0n) is 46.0. The van der Waals surface area contributed by atoms with E-state index in [4.69, 9.17) is 33.7 Å². The van der Waals surface area contributed by atoms with Crippen molar-refractivity contribution >= 4 is 22.6 Å². The normalized spacial score (nSPS) is 21.7. The highest BCUT2D eigenvalue weighted by Gasteiger charge is 2.39. The number of aromatic nitrogens is 5. The van der Waals surface area contributed by atoms with E-state index in [1.807, 2.05) is 61.3 Å². The van der Waals surface area contributed by atoms with Crippen LogP contribution >= 0.6 is 0 Å². The van der Waals surface area contributed by atoms with Gasteiger partial charge in [0.1, 0.15) is 35.6 Å². The molecule has 2 aliphatic carbocycles. The first-order valence-corrected chi connectivity index (χ1v) is 28.3. The standard InChI is InChI=1S/C61H79FN8O7/c1-36(2)55(65-34-73-6)57(71)46-28-40(15-11-14-38(46)5)58-63-32-48(67-58)39-21-22-50-43(26-39)30-52-54-47(62)29-42(49-33-64-59(68-49)51-20-13-23-69(51)60(72)56(37(3)4)66-35-74-7)31-53(54)77-61(70(50)52)41-16-12-19-45(27-41)76-25-24-75-44-17-9-8-10-18-44/h12,16,19,21-22,26-27,29-33,36-38,40,44,46,51,55-56,61,65-66H,8-11,13-15,17-18,20,23-25,28,34-35H2,1-7H3,(H,63,67)(H,64,68). The Kier molecular flexibility index (Phi) is 17.3. The predicted molar refractivity (Wildman–Crippen MR) is 296 cm³/mol. The van der Waals surface area contributed by atoms with Crippen LogP contribution in [0.15, 0.2) is 73.1 Å². The number of imidazole rings is 2. The summed E-state index contributed by atoms with van der Waals surface area (Å²) in [6, 6.07) is 18.8. The Morgan fingerprint density at radius 2 is 1.53 bits per heavy atom. The van der Waals surface area contributed by atoms with Gasteiger partial charge >= 0.3 is 0 Å². The van der Waals surface area contributed by atoms with Crippen LogP contribution in [0.3, 0.4) is 0 Å². The van der Waals surface area contributed by atoms with Crippen molar-refractivity contribution in [1.29, 1.82) is 0 Å². The molecular formula is C61H79FN8O7. The monoisotopic (exact) mass is 1050 g/mol. The summed E-state index contributed by atoms with van der Waals surface area (Å²) in [5, 5.41) is 7.50. The molecule has 6 aromatic rings. The number of benzene rings is 3. The van der Waals surface area contributed by atoms with E-state index >= 15 is 4.39 Å². The maximum Gasteiger partial charge on any atom is 0.240 e. The van der Waals surface area contributed by atoms with E-state index in [1.54, 1.807) is 20.4 Å². The van der Waals surface area contributed by atoms with Crippen LogP contribution in [0, 0.1) is 29.5 Å². The van der Waals surface area contributed by atoms with Crippen molar-refractivity contribution in [3.8, 4) is 45.3 Å². The number of nitrogens with zero attached hydrogens (tertiary/aromatic N) is 4. The van der Waals surface area contributed by atoms with Gasteiger partial charge in [0.15, 0.2) is 5.78 Å². The lowest BCUT2D eigenvalue weighted by atomic mass is 9.79. The first-order valence-electron chi connectivity index (χ1n) is 28.3. The van der Waals surface area contributed by atoms with E-state index in [9.17, 15) is 9.59 Å². The van der Waals surface area contributed by atoms with Gasteiger partial charge in [-0.2, -0.15) is 0 Å². The Bertz CT molecular complexity index is 2980. The molecule has 10 rings (SSSR count). The number of hydrogen-bond donors (Lipinski definition) is 4. The summed E-state index contributed by atoms with van der Waals surface area (Å²) < 4.78 is 49.3.